The van der Waals surface area contributed by atoms with Crippen molar-refractivity contribution in [2.75, 3.05) is 30.3 Å². The van der Waals surface area contributed by atoms with E-state index in [1.54, 1.807) is 38.1 Å². The molecule has 172 valence electrons. The van der Waals surface area contributed by atoms with E-state index in [1.807, 2.05) is 6.92 Å². The lowest BCUT2D eigenvalue weighted by molar-refractivity contribution is -0.133. The molecule has 1 unspecified atom stereocenters. The number of benzene rings is 1. The zero-order valence-electron chi connectivity index (χ0n) is 18.6. The van der Waals surface area contributed by atoms with Crippen LogP contribution in [-0.2, 0) is 19.6 Å². The molecule has 1 N–H and O–H groups in total. The van der Waals surface area contributed by atoms with E-state index in [0.717, 1.165) is 30.0 Å². The number of carbonyl (C=O) groups is 2. The molecule has 0 aromatic heterocycles. The summed E-state index contributed by atoms with van der Waals surface area (Å²) in [7, 11) is -3.63. The van der Waals surface area contributed by atoms with Crippen LogP contribution in [0, 0.1) is 0 Å². The maximum absolute atomic E-state index is 13.5. The Bertz CT molecular complexity index is 896. The second-order valence-electron chi connectivity index (χ2n) is 8.47. The van der Waals surface area contributed by atoms with Gasteiger partial charge in [0.25, 0.3) is 0 Å². The Hall–Kier alpha value is -2.13. The summed E-state index contributed by atoms with van der Waals surface area (Å²) in [6.07, 6.45) is 4.36. The molecule has 0 bridgehead atoms. The lowest BCUT2D eigenvalue weighted by Crippen LogP contribution is -2.70. The molecule has 8 nitrogen and oxygen atoms in total. The van der Waals surface area contributed by atoms with Crippen molar-refractivity contribution in [2.45, 2.75) is 64.5 Å². The molecule has 1 saturated heterocycles. The Labute approximate surface area is 185 Å². The van der Waals surface area contributed by atoms with Crippen LogP contribution in [0.2, 0.25) is 0 Å². The second kappa shape index (κ2) is 9.56. The number of amides is 2. The molecule has 1 atom stereocenters. The van der Waals surface area contributed by atoms with Gasteiger partial charge in [0.1, 0.15) is 11.3 Å². The highest BCUT2D eigenvalue weighted by atomic mass is 32.2. The third-order valence-electron chi connectivity index (χ3n) is 5.98. The molecule has 1 aliphatic carbocycles. The highest BCUT2D eigenvalue weighted by molar-refractivity contribution is 7.89. The van der Waals surface area contributed by atoms with Gasteiger partial charge in [-0.2, -0.15) is 4.31 Å². The number of rotatable bonds is 8. The van der Waals surface area contributed by atoms with Gasteiger partial charge < -0.3 is 10.1 Å². The summed E-state index contributed by atoms with van der Waals surface area (Å²) >= 11 is 0. The average Bonchev–Trinajstić information content (AvgIpc) is 3.22. The maximum atomic E-state index is 13.5. The van der Waals surface area contributed by atoms with Gasteiger partial charge in [0.2, 0.25) is 21.8 Å². The minimum atomic E-state index is -3.63. The van der Waals surface area contributed by atoms with Gasteiger partial charge in [0.05, 0.1) is 18.9 Å². The number of nitrogens with one attached hydrogen (secondary N) is 1. The number of hydrogen-bond donors (Lipinski definition) is 1. The van der Waals surface area contributed by atoms with Gasteiger partial charge in [-0.05, 0) is 57.4 Å². The van der Waals surface area contributed by atoms with Crippen molar-refractivity contribution >= 4 is 27.5 Å². The number of carbonyl (C=O) groups excluding carboxylic acids is 2. The van der Waals surface area contributed by atoms with Crippen molar-refractivity contribution in [3.05, 3.63) is 24.3 Å². The molecular weight excluding hydrogens is 418 g/mol. The molecule has 1 heterocycles. The summed E-state index contributed by atoms with van der Waals surface area (Å²) in [5.41, 5.74) is -0.809. The van der Waals surface area contributed by atoms with E-state index in [-0.39, 0.29) is 30.8 Å². The van der Waals surface area contributed by atoms with Crippen LogP contribution in [0.3, 0.4) is 0 Å². The van der Waals surface area contributed by atoms with E-state index in [1.165, 1.54) is 4.90 Å². The van der Waals surface area contributed by atoms with Crippen molar-refractivity contribution in [1.82, 2.24) is 9.62 Å². The summed E-state index contributed by atoms with van der Waals surface area (Å²) in [6.45, 7) is 5.49. The second-order valence-corrected chi connectivity index (χ2v) is 10.6. The van der Waals surface area contributed by atoms with Crippen molar-refractivity contribution in [1.29, 1.82) is 0 Å². The Morgan fingerprint density at radius 1 is 1.19 bits per heavy atom. The number of ether oxygens (including phenoxy) is 1. The number of sulfonamides is 1. The number of anilines is 1. The monoisotopic (exact) mass is 451 g/mol. The molecule has 2 amide bonds. The van der Waals surface area contributed by atoms with Gasteiger partial charge in [0, 0.05) is 18.3 Å². The number of nitrogens with zero attached hydrogens (tertiary/aromatic N) is 2. The maximum Gasteiger partial charge on any atom is 0.247 e. The summed E-state index contributed by atoms with van der Waals surface area (Å²) in [4.78, 5) is 28.1. The molecule has 1 aromatic rings. The van der Waals surface area contributed by atoms with Crippen LogP contribution in [0.15, 0.2) is 24.3 Å². The van der Waals surface area contributed by atoms with E-state index in [9.17, 15) is 18.0 Å². The summed E-state index contributed by atoms with van der Waals surface area (Å²) < 4.78 is 32.2. The first-order valence-corrected chi connectivity index (χ1v) is 12.7. The molecule has 1 aromatic carbocycles. The van der Waals surface area contributed by atoms with Gasteiger partial charge in [-0.25, -0.2) is 8.42 Å². The molecule has 2 aliphatic rings. The van der Waals surface area contributed by atoms with E-state index >= 15 is 0 Å². The SMILES string of the molecule is CCCS(=O)(=O)N1CC(=O)N(c2ccc(OCC)cc2)C(C)(C(=O)NC2CCCC2)C1. The molecule has 1 saturated carbocycles. The predicted molar refractivity (Wildman–Crippen MR) is 120 cm³/mol. The Morgan fingerprint density at radius 3 is 2.42 bits per heavy atom. The first-order chi connectivity index (χ1) is 14.7. The molecule has 9 heteroatoms. The molecule has 1 aliphatic heterocycles. The largest absolute Gasteiger partial charge is 0.494 e. The van der Waals surface area contributed by atoms with Crippen LogP contribution in [0.4, 0.5) is 5.69 Å². The van der Waals surface area contributed by atoms with Gasteiger partial charge in [-0.1, -0.05) is 19.8 Å². The minimum Gasteiger partial charge on any atom is -0.494 e. The standard InChI is InChI=1S/C22H33N3O5S/c1-4-14-31(28,29)24-15-20(26)25(18-10-12-19(13-11-18)30-5-2)22(3,16-24)21(27)23-17-8-6-7-9-17/h10-13,17H,4-9,14-16H2,1-3H3,(H,23,27). The third-order valence-corrected chi connectivity index (χ3v) is 7.95. The van der Waals surface area contributed by atoms with Crippen molar-refractivity contribution < 1.29 is 22.7 Å². The first-order valence-electron chi connectivity index (χ1n) is 11.1. The van der Waals surface area contributed by atoms with Crippen LogP contribution < -0.4 is 15.0 Å². The summed E-state index contributed by atoms with van der Waals surface area (Å²) in [5, 5.41) is 3.07. The lowest BCUT2D eigenvalue weighted by atomic mass is 9.94. The first kappa shape index (κ1) is 23.5. The van der Waals surface area contributed by atoms with Crippen molar-refractivity contribution in [2.24, 2.45) is 0 Å². The van der Waals surface area contributed by atoms with Crippen LogP contribution >= 0.6 is 0 Å². The molecule has 3 rings (SSSR count). The zero-order valence-corrected chi connectivity index (χ0v) is 19.4. The molecular formula is C22H33N3O5S. The fraction of sp³-hybridized carbons (Fsp3) is 0.636. The smallest absolute Gasteiger partial charge is 0.247 e. The van der Waals surface area contributed by atoms with Crippen molar-refractivity contribution in [3.8, 4) is 5.75 Å². The predicted octanol–water partition coefficient (Wildman–Crippen LogP) is 2.29. The van der Waals surface area contributed by atoms with Crippen LogP contribution in [0.1, 0.15) is 52.9 Å². The van der Waals surface area contributed by atoms with Crippen LogP contribution in [0.25, 0.3) is 0 Å². The van der Waals surface area contributed by atoms with E-state index in [4.69, 9.17) is 4.74 Å². The number of hydrogen-bond acceptors (Lipinski definition) is 5. The molecule has 0 radical (unpaired) electrons. The Balaban J connectivity index is 1.96. The average molecular weight is 452 g/mol. The lowest BCUT2D eigenvalue weighted by Gasteiger charge is -2.47. The minimum absolute atomic E-state index is 0.0519. The van der Waals surface area contributed by atoms with Crippen molar-refractivity contribution in [3.63, 3.8) is 0 Å². The topological polar surface area (TPSA) is 96.0 Å². The van der Waals surface area contributed by atoms with Gasteiger partial charge in [-0.15, -0.1) is 0 Å². The normalized spacial score (nSPS) is 23.2. The Morgan fingerprint density at radius 2 is 1.84 bits per heavy atom. The van der Waals surface area contributed by atoms with Gasteiger partial charge in [0.15, 0.2) is 0 Å². The number of piperazine rings is 1. The molecule has 31 heavy (non-hydrogen) atoms. The summed E-state index contributed by atoms with van der Waals surface area (Å²) in [6, 6.07) is 7.04. The fourth-order valence-electron chi connectivity index (χ4n) is 4.42. The van der Waals surface area contributed by atoms with Gasteiger partial charge >= 0.3 is 0 Å². The zero-order chi connectivity index (χ0) is 22.6. The third kappa shape index (κ3) is 5.03. The fourth-order valence-corrected chi connectivity index (χ4v) is 5.95. The summed E-state index contributed by atoms with van der Waals surface area (Å²) in [5.74, 6) is -0.124. The van der Waals surface area contributed by atoms with E-state index in [2.05, 4.69) is 5.32 Å². The highest BCUT2D eigenvalue weighted by Gasteiger charge is 2.51. The van der Waals surface area contributed by atoms with Gasteiger partial charge in [-0.3, -0.25) is 14.5 Å². The quantitative estimate of drug-likeness (QED) is 0.654. The highest BCUT2D eigenvalue weighted by Crippen LogP contribution is 2.32. The molecule has 0 spiro atoms. The van der Waals surface area contributed by atoms with Crippen LogP contribution in [-0.4, -0.2) is 61.6 Å². The van der Waals surface area contributed by atoms with E-state index in [0.29, 0.717) is 24.5 Å². The van der Waals surface area contributed by atoms with E-state index < -0.39 is 21.5 Å². The Kier molecular flexibility index (Phi) is 7.26. The molecule has 2 fully saturated rings. The van der Waals surface area contributed by atoms with Crippen LogP contribution in [0.5, 0.6) is 5.75 Å².